The van der Waals surface area contributed by atoms with E-state index in [0.29, 0.717) is 22.8 Å². The molecule has 1 N–H and O–H groups in total. The SMILES string of the molecule is COc1ccc(-n2ccc(C)c(C(=O)Nc3ccc4c(c3)ncn4C)c2=O)cn1. The molecule has 0 unspecified atom stereocenters. The molecule has 4 aromatic rings. The van der Waals surface area contributed by atoms with Crippen LogP contribution in [0.25, 0.3) is 16.7 Å². The molecule has 1 aromatic carbocycles. The Hall–Kier alpha value is -3.94. The van der Waals surface area contributed by atoms with E-state index in [9.17, 15) is 9.59 Å². The average molecular weight is 389 g/mol. The van der Waals surface area contributed by atoms with Crippen LogP contribution in [-0.2, 0) is 7.05 Å². The van der Waals surface area contributed by atoms with Crippen molar-refractivity contribution in [3.05, 3.63) is 76.6 Å². The third kappa shape index (κ3) is 3.36. The van der Waals surface area contributed by atoms with Crippen LogP contribution in [0.2, 0.25) is 0 Å². The second kappa shape index (κ2) is 7.23. The van der Waals surface area contributed by atoms with Crippen molar-refractivity contribution in [1.82, 2.24) is 19.1 Å². The maximum absolute atomic E-state index is 13.0. The van der Waals surface area contributed by atoms with Crippen LogP contribution in [0.3, 0.4) is 0 Å². The van der Waals surface area contributed by atoms with Crippen molar-refractivity contribution >= 4 is 22.6 Å². The third-order valence-electron chi connectivity index (χ3n) is 4.72. The first kappa shape index (κ1) is 18.4. The molecule has 3 heterocycles. The number of amides is 1. The Kier molecular flexibility index (Phi) is 4.59. The number of hydrogen-bond acceptors (Lipinski definition) is 5. The van der Waals surface area contributed by atoms with E-state index in [1.165, 1.54) is 17.9 Å². The number of anilines is 1. The Bertz CT molecular complexity index is 1270. The van der Waals surface area contributed by atoms with Crippen molar-refractivity contribution in [3.63, 3.8) is 0 Å². The van der Waals surface area contributed by atoms with Crippen molar-refractivity contribution in [2.75, 3.05) is 12.4 Å². The van der Waals surface area contributed by atoms with E-state index >= 15 is 0 Å². The van der Waals surface area contributed by atoms with E-state index in [1.807, 2.05) is 17.7 Å². The molecular formula is C21H19N5O3. The summed E-state index contributed by atoms with van der Waals surface area (Å²) in [4.78, 5) is 34.3. The summed E-state index contributed by atoms with van der Waals surface area (Å²) in [6, 6.07) is 10.5. The molecule has 0 saturated carbocycles. The molecule has 8 nitrogen and oxygen atoms in total. The number of benzene rings is 1. The molecule has 0 spiro atoms. The Labute approximate surface area is 166 Å². The number of ether oxygens (including phenoxy) is 1. The van der Waals surface area contributed by atoms with E-state index in [1.54, 1.807) is 49.8 Å². The molecule has 29 heavy (non-hydrogen) atoms. The fourth-order valence-corrected chi connectivity index (χ4v) is 3.15. The number of aryl methyl sites for hydroxylation is 2. The second-order valence-corrected chi connectivity index (χ2v) is 6.62. The molecule has 0 fully saturated rings. The van der Waals surface area contributed by atoms with Crippen LogP contribution in [0.4, 0.5) is 5.69 Å². The van der Waals surface area contributed by atoms with Crippen LogP contribution >= 0.6 is 0 Å². The van der Waals surface area contributed by atoms with Gasteiger partial charge in [0.15, 0.2) is 0 Å². The molecule has 1 amide bonds. The number of carbonyl (C=O) groups is 1. The second-order valence-electron chi connectivity index (χ2n) is 6.62. The van der Waals surface area contributed by atoms with Gasteiger partial charge in [0.1, 0.15) is 5.56 Å². The van der Waals surface area contributed by atoms with Gasteiger partial charge in [-0.2, -0.15) is 0 Å². The first-order valence-corrected chi connectivity index (χ1v) is 8.93. The zero-order valence-electron chi connectivity index (χ0n) is 16.2. The highest BCUT2D eigenvalue weighted by Gasteiger charge is 2.17. The van der Waals surface area contributed by atoms with E-state index in [4.69, 9.17) is 4.74 Å². The van der Waals surface area contributed by atoms with Gasteiger partial charge < -0.3 is 14.6 Å². The van der Waals surface area contributed by atoms with Gasteiger partial charge in [-0.15, -0.1) is 0 Å². The quantitative estimate of drug-likeness (QED) is 0.579. The van der Waals surface area contributed by atoms with E-state index in [0.717, 1.165) is 11.0 Å². The summed E-state index contributed by atoms with van der Waals surface area (Å²) in [6.45, 7) is 1.73. The molecule has 3 aromatic heterocycles. The highest BCUT2D eigenvalue weighted by molar-refractivity contribution is 6.05. The monoisotopic (exact) mass is 389 g/mol. The summed E-state index contributed by atoms with van der Waals surface area (Å²) in [5.41, 5.74) is 3.06. The van der Waals surface area contributed by atoms with Gasteiger partial charge in [-0.3, -0.25) is 14.2 Å². The lowest BCUT2D eigenvalue weighted by molar-refractivity contribution is 0.102. The summed E-state index contributed by atoms with van der Waals surface area (Å²) in [6.07, 6.45) is 4.85. The first-order chi connectivity index (χ1) is 14.0. The number of nitrogens with zero attached hydrogens (tertiary/aromatic N) is 4. The van der Waals surface area contributed by atoms with Gasteiger partial charge in [-0.25, -0.2) is 9.97 Å². The van der Waals surface area contributed by atoms with Gasteiger partial charge in [0.05, 0.1) is 36.4 Å². The number of hydrogen-bond donors (Lipinski definition) is 1. The number of methoxy groups -OCH3 is 1. The lowest BCUT2D eigenvalue weighted by atomic mass is 10.1. The molecule has 0 atom stereocenters. The van der Waals surface area contributed by atoms with Crippen molar-refractivity contribution < 1.29 is 9.53 Å². The van der Waals surface area contributed by atoms with E-state index in [2.05, 4.69) is 15.3 Å². The van der Waals surface area contributed by atoms with Crippen molar-refractivity contribution in [2.45, 2.75) is 6.92 Å². The third-order valence-corrected chi connectivity index (χ3v) is 4.72. The normalized spacial score (nSPS) is 10.9. The Balaban J connectivity index is 1.69. The Morgan fingerprint density at radius 3 is 2.69 bits per heavy atom. The van der Waals surface area contributed by atoms with Crippen LogP contribution in [0.5, 0.6) is 5.88 Å². The highest BCUT2D eigenvalue weighted by Crippen LogP contribution is 2.18. The molecule has 146 valence electrons. The Morgan fingerprint density at radius 1 is 1.14 bits per heavy atom. The van der Waals surface area contributed by atoms with Gasteiger partial charge in [0.25, 0.3) is 11.5 Å². The minimum Gasteiger partial charge on any atom is -0.481 e. The predicted octanol–water partition coefficient (Wildman–Crippen LogP) is 2.69. The summed E-state index contributed by atoms with van der Waals surface area (Å²) in [5, 5.41) is 2.80. The molecular weight excluding hydrogens is 370 g/mol. The van der Waals surface area contributed by atoms with Crippen molar-refractivity contribution in [2.24, 2.45) is 7.05 Å². The van der Waals surface area contributed by atoms with Crippen LogP contribution in [-0.4, -0.2) is 32.1 Å². The molecule has 0 aliphatic heterocycles. The summed E-state index contributed by atoms with van der Waals surface area (Å²) >= 11 is 0. The fraction of sp³-hybridized carbons (Fsp3) is 0.143. The van der Waals surface area contributed by atoms with E-state index in [-0.39, 0.29) is 5.56 Å². The van der Waals surface area contributed by atoms with Crippen LogP contribution < -0.4 is 15.6 Å². The zero-order chi connectivity index (χ0) is 20.5. The van der Waals surface area contributed by atoms with Crippen molar-refractivity contribution in [1.29, 1.82) is 0 Å². The molecule has 0 bridgehead atoms. The number of nitrogens with one attached hydrogen (secondary N) is 1. The lowest BCUT2D eigenvalue weighted by Crippen LogP contribution is -2.29. The maximum Gasteiger partial charge on any atom is 0.268 e. The Morgan fingerprint density at radius 2 is 1.97 bits per heavy atom. The fourth-order valence-electron chi connectivity index (χ4n) is 3.15. The largest absolute Gasteiger partial charge is 0.481 e. The number of pyridine rings is 2. The van der Waals surface area contributed by atoms with E-state index < -0.39 is 11.5 Å². The minimum atomic E-state index is -0.474. The average Bonchev–Trinajstić information content (AvgIpc) is 3.08. The maximum atomic E-state index is 13.0. The smallest absolute Gasteiger partial charge is 0.268 e. The van der Waals surface area contributed by atoms with Gasteiger partial charge in [-0.1, -0.05) is 0 Å². The standard InChI is InChI=1S/C21H19N5O3/c1-13-8-9-26(15-5-7-18(29-3)22-11-15)21(28)19(13)20(27)24-14-4-6-17-16(10-14)23-12-25(17)2/h4-12H,1-3H3,(H,24,27). The van der Waals surface area contributed by atoms with Gasteiger partial charge in [-0.05, 0) is 42.8 Å². The summed E-state index contributed by atoms with van der Waals surface area (Å²) in [7, 11) is 3.42. The highest BCUT2D eigenvalue weighted by atomic mass is 16.5. The van der Waals surface area contributed by atoms with Crippen LogP contribution in [0.15, 0.2) is 59.9 Å². The number of fused-ring (bicyclic) bond motifs is 1. The molecule has 0 saturated heterocycles. The predicted molar refractivity (Wildman–Crippen MR) is 110 cm³/mol. The first-order valence-electron chi connectivity index (χ1n) is 8.93. The summed E-state index contributed by atoms with van der Waals surface area (Å²) in [5.74, 6) is -0.0320. The summed E-state index contributed by atoms with van der Waals surface area (Å²) < 4.78 is 8.32. The topological polar surface area (TPSA) is 91.0 Å². The van der Waals surface area contributed by atoms with Gasteiger partial charge in [0, 0.05) is 25.0 Å². The lowest BCUT2D eigenvalue weighted by Gasteiger charge is -2.11. The van der Waals surface area contributed by atoms with Crippen molar-refractivity contribution in [3.8, 4) is 11.6 Å². The molecule has 4 rings (SSSR count). The van der Waals surface area contributed by atoms with Gasteiger partial charge >= 0.3 is 0 Å². The number of rotatable bonds is 4. The van der Waals surface area contributed by atoms with Crippen LogP contribution in [0.1, 0.15) is 15.9 Å². The molecule has 0 radical (unpaired) electrons. The molecule has 0 aliphatic carbocycles. The zero-order valence-corrected chi connectivity index (χ0v) is 16.2. The number of imidazole rings is 1. The number of aromatic nitrogens is 4. The molecule has 0 aliphatic rings. The number of carbonyl (C=O) groups excluding carboxylic acids is 1. The molecule has 8 heteroatoms. The van der Waals surface area contributed by atoms with Crippen LogP contribution in [0, 0.1) is 6.92 Å². The van der Waals surface area contributed by atoms with Gasteiger partial charge in [0.2, 0.25) is 5.88 Å². The minimum absolute atomic E-state index is 0.0736.